The molecule has 0 amide bonds. The molecule has 0 bridgehead atoms. The fraction of sp³-hybridized carbons (Fsp3) is 0.478. The van der Waals surface area contributed by atoms with Crippen LogP contribution in [0.1, 0.15) is 32.3 Å². The highest BCUT2D eigenvalue weighted by Gasteiger charge is 2.30. The van der Waals surface area contributed by atoms with Gasteiger partial charge in [0.05, 0.1) is 5.60 Å². The van der Waals surface area contributed by atoms with Gasteiger partial charge in [0, 0.05) is 36.8 Å². The van der Waals surface area contributed by atoms with Crippen LogP contribution in [0, 0.1) is 5.92 Å². The number of phenols is 1. The zero-order valence-corrected chi connectivity index (χ0v) is 17.3. The first-order chi connectivity index (χ1) is 13.4. The molecule has 28 heavy (non-hydrogen) atoms. The summed E-state index contributed by atoms with van der Waals surface area (Å²) in [5.74, 6) is 1.43. The molecular weight excluding hydrogens is 374 g/mol. The number of halogens is 1. The van der Waals surface area contributed by atoms with E-state index in [0.717, 1.165) is 55.8 Å². The Bertz CT molecular complexity index is 852. The molecule has 2 aliphatic heterocycles. The van der Waals surface area contributed by atoms with E-state index in [1.165, 1.54) is 0 Å². The lowest BCUT2D eigenvalue weighted by atomic mass is 9.88. The third-order valence-electron chi connectivity index (χ3n) is 5.67. The predicted octanol–water partition coefficient (Wildman–Crippen LogP) is 5.11. The molecule has 150 valence electrons. The summed E-state index contributed by atoms with van der Waals surface area (Å²) >= 11 is 6.15. The summed E-state index contributed by atoms with van der Waals surface area (Å²) in [6.45, 7) is 8.43. The molecule has 5 heteroatoms. The van der Waals surface area contributed by atoms with Crippen LogP contribution in [0.15, 0.2) is 36.4 Å². The van der Waals surface area contributed by atoms with Crippen molar-refractivity contribution in [3.63, 3.8) is 0 Å². The van der Waals surface area contributed by atoms with Crippen LogP contribution in [0.2, 0.25) is 5.02 Å². The van der Waals surface area contributed by atoms with Crippen LogP contribution >= 0.6 is 11.6 Å². The molecule has 1 fully saturated rings. The highest BCUT2D eigenvalue weighted by atomic mass is 35.5. The first-order valence-electron chi connectivity index (χ1n) is 10.0. The highest BCUT2D eigenvalue weighted by molar-refractivity contribution is 6.30. The molecule has 4 nitrogen and oxygen atoms in total. The second kappa shape index (κ2) is 7.94. The Balaban J connectivity index is 1.56. The van der Waals surface area contributed by atoms with Crippen LogP contribution < -0.4 is 4.74 Å². The lowest BCUT2D eigenvalue weighted by Gasteiger charge is -2.37. The van der Waals surface area contributed by atoms with Gasteiger partial charge in [0.25, 0.3) is 0 Å². The average molecular weight is 402 g/mol. The molecule has 1 N–H and O–H groups in total. The summed E-state index contributed by atoms with van der Waals surface area (Å²) in [7, 11) is 0. The van der Waals surface area contributed by atoms with Crippen molar-refractivity contribution in [3.05, 3.63) is 47.0 Å². The minimum absolute atomic E-state index is 0.0405. The standard InChI is InChI=1S/C23H28ClNO3/c1-23(2)13-16(6-8-28-23)14-25-7-9-27-22-19(15-25)10-18(12-21(22)26)17-4-3-5-20(24)11-17/h3-5,10-12,16,26H,6-9,13-15H2,1-2H3. The Kier molecular flexibility index (Phi) is 5.55. The molecule has 0 aromatic heterocycles. The molecular formula is C23H28ClNO3. The lowest BCUT2D eigenvalue weighted by Crippen LogP contribution is -2.40. The third-order valence-corrected chi connectivity index (χ3v) is 5.90. The van der Waals surface area contributed by atoms with Gasteiger partial charge in [0.2, 0.25) is 0 Å². The first-order valence-corrected chi connectivity index (χ1v) is 10.4. The number of rotatable bonds is 3. The van der Waals surface area contributed by atoms with Gasteiger partial charge in [-0.2, -0.15) is 0 Å². The number of fused-ring (bicyclic) bond motifs is 1. The average Bonchev–Trinajstić information content (AvgIpc) is 2.83. The Morgan fingerprint density at radius 1 is 1.18 bits per heavy atom. The highest BCUT2D eigenvalue weighted by Crippen LogP contribution is 2.38. The van der Waals surface area contributed by atoms with E-state index in [1.807, 2.05) is 24.3 Å². The van der Waals surface area contributed by atoms with Gasteiger partial charge in [-0.25, -0.2) is 0 Å². The van der Waals surface area contributed by atoms with Crippen molar-refractivity contribution in [1.82, 2.24) is 4.90 Å². The largest absolute Gasteiger partial charge is 0.504 e. The lowest BCUT2D eigenvalue weighted by molar-refractivity contribution is -0.0771. The molecule has 1 saturated heterocycles. The fourth-order valence-electron chi connectivity index (χ4n) is 4.42. The SMILES string of the molecule is CC1(C)CC(CN2CCOc3c(O)cc(-c4cccc(Cl)c4)cc3C2)CCO1. The van der Waals surface area contributed by atoms with Gasteiger partial charge in [-0.15, -0.1) is 0 Å². The Labute approximate surface area is 172 Å². The predicted molar refractivity (Wildman–Crippen MR) is 112 cm³/mol. The Morgan fingerprint density at radius 2 is 2.04 bits per heavy atom. The van der Waals surface area contributed by atoms with Crippen molar-refractivity contribution < 1.29 is 14.6 Å². The van der Waals surface area contributed by atoms with Gasteiger partial charge < -0.3 is 14.6 Å². The van der Waals surface area contributed by atoms with Crippen molar-refractivity contribution in [2.75, 3.05) is 26.3 Å². The van der Waals surface area contributed by atoms with E-state index in [-0.39, 0.29) is 11.4 Å². The van der Waals surface area contributed by atoms with Crippen molar-refractivity contribution in [1.29, 1.82) is 0 Å². The summed E-state index contributed by atoms with van der Waals surface area (Å²) in [4.78, 5) is 2.44. The van der Waals surface area contributed by atoms with Crippen LogP contribution in [0.3, 0.4) is 0 Å². The van der Waals surface area contributed by atoms with Gasteiger partial charge in [0.1, 0.15) is 6.61 Å². The quantitative estimate of drug-likeness (QED) is 0.775. The molecule has 2 aromatic rings. The normalized spacial score (nSPS) is 22.2. The summed E-state index contributed by atoms with van der Waals surface area (Å²) in [5, 5.41) is 11.3. The molecule has 2 heterocycles. The zero-order chi connectivity index (χ0) is 19.7. The van der Waals surface area contributed by atoms with Crippen LogP contribution in [-0.4, -0.2) is 41.9 Å². The summed E-state index contributed by atoms with van der Waals surface area (Å²) in [5.41, 5.74) is 2.93. The van der Waals surface area contributed by atoms with Gasteiger partial charge in [-0.3, -0.25) is 4.90 Å². The smallest absolute Gasteiger partial charge is 0.165 e. The second-order valence-corrected chi connectivity index (χ2v) is 8.98. The van der Waals surface area contributed by atoms with E-state index >= 15 is 0 Å². The van der Waals surface area contributed by atoms with Gasteiger partial charge in [0.15, 0.2) is 11.5 Å². The number of benzene rings is 2. The summed E-state index contributed by atoms with van der Waals surface area (Å²) in [6, 6.07) is 11.6. The van der Waals surface area contributed by atoms with E-state index in [0.29, 0.717) is 23.3 Å². The van der Waals surface area contributed by atoms with E-state index in [1.54, 1.807) is 6.07 Å². The second-order valence-electron chi connectivity index (χ2n) is 8.54. The molecule has 0 saturated carbocycles. The monoisotopic (exact) mass is 401 g/mol. The van der Waals surface area contributed by atoms with Crippen LogP contribution in [0.5, 0.6) is 11.5 Å². The zero-order valence-electron chi connectivity index (χ0n) is 16.6. The number of phenolic OH excluding ortho intramolecular Hbond substituents is 1. The molecule has 2 aliphatic rings. The molecule has 2 aromatic carbocycles. The van der Waals surface area contributed by atoms with E-state index in [4.69, 9.17) is 21.1 Å². The maximum Gasteiger partial charge on any atom is 0.165 e. The van der Waals surface area contributed by atoms with Gasteiger partial charge in [-0.05, 0) is 68.0 Å². The van der Waals surface area contributed by atoms with Crippen molar-refractivity contribution in [2.24, 2.45) is 5.92 Å². The third kappa shape index (κ3) is 4.45. The van der Waals surface area contributed by atoms with Crippen molar-refractivity contribution >= 4 is 11.6 Å². The number of ether oxygens (including phenoxy) is 2. The number of nitrogens with zero attached hydrogens (tertiary/aromatic N) is 1. The fourth-order valence-corrected chi connectivity index (χ4v) is 4.61. The molecule has 0 radical (unpaired) electrons. The van der Waals surface area contributed by atoms with Crippen LogP contribution in [0.25, 0.3) is 11.1 Å². The van der Waals surface area contributed by atoms with E-state index < -0.39 is 0 Å². The topological polar surface area (TPSA) is 41.9 Å². The first kappa shape index (κ1) is 19.6. The van der Waals surface area contributed by atoms with Crippen LogP contribution in [0.4, 0.5) is 0 Å². The van der Waals surface area contributed by atoms with E-state index in [9.17, 15) is 5.11 Å². The van der Waals surface area contributed by atoms with Crippen LogP contribution in [-0.2, 0) is 11.3 Å². The molecule has 0 aliphatic carbocycles. The van der Waals surface area contributed by atoms with E-state index in [2.05, 4.69) is 24.8 Å². The maximum atomic E-state index is 10.6. The number of aromatic hydroxyl groups is 1. The molecule has 1 atom stereocenters. The minimum atomic E-state index is -0.0405. The van der Waals surface area contributed by atoms with Crippen molar-refractivity contribution in [2.45, 2.75) is 38.8 Å². The molecule has 0 spiro atoms. The maximum absolute atomic E-state index is 10.6. The Hall–Kier alpha value is -1.75. The minimum Gasteiger partial charge on any atom is -0.504 e. The van der Waals surface area contributed by atoms with Crippen molar-refractivity contribution in [3.8, 4) is 22.6 Å². The molecule has 4 rings (SSSR count). The number of hydrogen-bond acceptors (Lipinski definition) is 4. The summed E-state index contributed by atoms with van der Waals surface area (Å²) < 4.78 is 11.8. The van der Waals surface area contributed by atoms with Gasteiger partial charge in [-0.1, -0.05) is 23.7 Å². The summed E-state index contributed by atoms with van der Waals surface area (Å²) in [6.07, 6.45) is 2.17. The molecule has 1 unspecified atom stereocenters. The number of hydrogen-bond donors (Lipinski definition) is 1. The van der Waals surface area contributed by atoms with Gasteiger partial charge >= 0.3 is 0 Å². The Morgan fingerprint density at radius 3 is 2.82 bits per heavy atom.